The second kappa shape index (κ2) is 7.81. The molecule has 1 heterocycles. The Hall–Kier alpha value is -0.840. The van der Waals surface area contributed by atoms with Gasteiger partial charge in [0.1, 0.15) is 10.3 Å². The average Bonchev–Trinajstić information content (AvgIpc) is 2.42. The molecule has 0 fully saturated rings. The Kier molecular flexibility index (Phi) is 6.72. The molecule has 0 aromatic carbocycles. The number of halogens is 2. The molecule has 1 aromatic heterocycles. The first-order valence-corrected chi connectivity index (χ1v) is 7.44. The first-order chi connectivity index (χ1) is 9.46. The molecule has 0 spiro atoms. The maximum absolute atomic E-state index is 12.1. The minimum absolute atomic E-state index is 0.0783. The van der Waals surface area contributed by atoms with Crippen molar-refractivity contribution in [3.05, 3.63) is 28.0 Å². The number of nitrogens with one attached hydrogen (secondary N) is 1. The van der Waals surface area contributed by atoms with Crippen LogP contribution in [0.3, 0.4) is 0 Å². The summed E-state index contributed by atoms with van der Waals surface area (Å²) in [6, 6.07) is 2.96. The number of rotatable bonds is 7. The molecule has 2 N–H and O–H groups in total. The molecule has 1 rings (SSSR count). The van der Waals surface area contributed by atoms with E-state index in [2.05, 4.69) is 24.1 Å². The molecule has 0 saturated heterocycles. The molecule has 1 amide bonds. The lowest BCUT2D eigenvalue weighted by Crippen LogP contribution is -2.37. The number of aromatic nitrogens is 1. The first-order valence-electron chi connectivity index (χ1n) is 6.68. The molecule has 6 heteroatoms. The van der Waals surface area contributed by atoms with E-state index in [9.17, 15) is 4.79 Å². The summed E-state index contributed by atoms with van der Waals surface area (Å²) in [4.78, 5) is 15.9. The molecule has 0 unspecified atom stereocenters. The van der Waals surface area contributed by atoms with E-state index in [1.54, 1.807) is 0 Å². The lowest BCUT2D eigenvalue weighted by atomic mass is 9.79. The Morgan fingerprint density at radius 1 is 1.30 bits per heavy atom. The molecule has 112 valence electrons. The van der Waals surface area contributed by atoms with Gasteiger partial charge in [-0.2, -0.15) is 0 Å². The summed E-state index contributed by atoms with van der Waals surface area (Å²) >= 11 is 11.6. The Morgan fingerprint density at radius 3 is 2.30 bits per heavy atom. The highest BCUT2D eigenvalue weighted by Crippen LogP contribution is 2.29. The third-order valence-electron chi connectivity index (χ3n) is 3.79. The number of nitrogens with zero attached hydrogens (tertiary/aromatic N) is 1. The van der Waals surface area contributed by atoms with Crippen LogP contribution in [0.5, 0.6) is 0 Å². The molecule has 0 radical (unpaired) electrons. The minimum Gasteiger partial charge on any atom is -0.396 e. The summed E-state index contributed by atoms with van der Waals surface area (Å²) in [5.41, 5.74) is 0.311. The fourth-order valence-corrected chi connectivity index (χ4v) is 2.61. The van der Waals surface area contributed by atoms with Crippen molar-refractivity contribution in [1.29, 1.82) is 0 Å². The first kappa shape index (κ1) is 17.2. The lowest BCUT2D eigenvalue weighted by molar-refractivity contribution is 0.0907. The van der Waals surface area contributed by atoms with Crippen LogP contribution in [0.4, 0.5) is 0 Å². The summed E-state index contributed by atoms with van der Waals surface area (Å²) in [5.74, 6) is -0.236. The second-order valence-electron chi connectivity index (χ2n) is 4.86. The molecule has 20 heavy (non-hydrogen) atoms. The quantitative estimate of drug-likeness (QED) is 0.758. The van der Waals surface area contributed by atoms with Crippen LogP contribution in [0.1, 0.15) is 43.5 Å². The smallest absolute Gasteiger partial charge is 0.251 e. The van der Waals surface area contributed by atoms with Crippen LogP contribution in [0.2, 0.25) is 10.3 Å². The van der Waals surface area contributed by atoms with Gasteiger partial charge in [0.15, 0.2) is 0 Å². The van der Waals surface area contributed by atoms with Crippen molar-refractivity contribution in [2.24, 2.45) is 5.41 Å². The van der Waals surface area contributed by atoms with Crippen LogP contribution < -0.4 is 5.32 Å². The van der Waals surface area contributed by atoms with Crippen LogP contribution >= 0.6 is 23.2 Å². The number of carbonyl (C=O) groups is 1. The van der Waals surface area contributed by atoms with Gasteiger partial charge in [-0.25, -0.2) is 4.98 Å². The predicted molar refractivity (Wildman–Crippen MR) is 81.3 cm³/mol. The van der Waals surface area contributed by atoms with Gasteiger partial charge in [0.05, 0.1) is 0 Å². The van der Waals surface area contributed by atoms with Gasteiger partial charge in [0.25, 0.3) is 5.91 Å². The molecule has 4 nitrogen and oxygen atoms in total. The SMILES string of the molecule is CCC(CC)(CCO)CNC(=O)c1cc(Cl)nc(Cl)c1. The number of hydrogen-bond donors (Lipinski definition) is 2. The van der Waals surface area contributed by atoms with E-state index >= 15 is 0 Å². The molecule has 1 aromatic rings. The zero-order valence-corrected chi connectivity index (χ0v) is 13.3. The lowest BCUT2D eigenvalue weighted by Gasteiger charge is -2.31. The third kappa shape index (κ3) is 4.62. The fraction of sp³-hybridized carbons (Fsp3) is 0.571. The van der Waals surface area contributed by atoms with E-state index in [0.29, 0.717) is 18.5 Å². The molecular formula is C14H20Cl2N2O2. The highest BCUT2D eigenvalue weighted by molar-refractivity contribution is 6.33. The second-order valence-corrected chi connectivity index (χ2v) is 5.64. The van der Waals surface area contributed by atoms with Crippen LogP contribution in [-0.4, -0.2) is 29.1 Å². The van der Waals surface area contributed by atoms with E-state index in [4.69, 9.17) is 28.3 Å². The van der Waals surface area contributed by atoms with Crippen LogP contribution in [0, 0.1) is 5.41 Å². The molecule has 0 saturated carbocycles. The van der Waals surface area contributed by atoms with Gasteiger partial charge in [-0.15, -0.1) is 0 Å². The van der Waals surface area contributed by atoms with Gasteiger partial charge in [-0.3, -0.25) is 4.79 Å². The van der Waals surface area contributed by atoms with Gasteiger partial charge >= 0.3 is 0 Å². The summed E-state index contributed by atoms with van der Waals surface area (Å²) < 4.78 is 0. The zero-order chi connectivity index (χ0) is 15.2. The van der Waals surface area contributed by atoms with Crippen molar-refractivity contribution in [2.75, 3.05) is 13.2 Å². The average molecular weight is 319 g/mol. The molecule has 0 aliphatic rings. The summed E-state index contributed by atoms with van der Waals surface area (Å²) in [6.45, 7) is 4.75. The van der Waals surface area contributed by atoms with Crippen LogP contribution in [0.15, 0.2) is 12.1 Å². The summed E-state index contributed by atoms with van der Waals surface area (Å²) in [5, 5.41) is 12.4. The number of amides is 1. The van der Waals surface area contributed by atoms with E-state index in [-0.39, 0.29) is 28.2 Å². The third-order valence-corrected chi connectivity index (χ3v) is 4.18. The van der Waals surface area contributed by atoms with E-state index in [1.807, 2.05) is 0 Å². The van der Waals surface area contributed by atoms with Crippen molar-refractivity contribution in [3.63, 3.8) is 0 Å². The van der Waals surface area contributed by atoms with Gasteiger partial charge in [-0.1, -0.05) is 37.0 Å². The van der Waals surface area contributed by atoms with E-state index in [1.165, 1.54) is 12.1 Å². The van der Waals surface area contributed by atoms with Crippen molar-refractivity contribution < 1.29 is 9.90 Å². The van der Waals surface area contributed by atoms with Crippen LogP contribution in [-0.2, 0) is 0 Å². The number of aliphatic hydroxyl groups excluding tert-OH is 1. The van der Waals surface area contributed by atoms with Crippen LogP contribution in [0.25, 0.3) is 0 Å². The maximum Gasteiger partial charge on any atom is 0.251 e. The number of hydrogen-bond acceptors (Lipinski definition) is 3. The topological polar surface area (TPSA) is 62.2 Å². The zero-order valence-electron chi connectivity index (χ0n) is 11.7. The maximum atomic E-state index is 12.1. The fourth-order valence-electron chi connectivity index (χ4n) is 2.14. The molecule has 0 aliphatic heterocycles. The van der Waals surface area contributed by atoms with Gasteiger partial charge in [0, 0.05) is 18.7 Å². The Bertz CT molecular complexity index is 442. The van der Waals surface area contributed by atoms with Crippen molar-refractivity contribution in [1.82, 2.24) is 10.3 Å². The largest absolute Gasteiger partial charge is 0.396 e. The Labute approximate surface area is 129 Å². The van der Waals surface area contributed by atoms with E-state index < -0.39 is 0 Å². The number of carbonyl (C=O) groups excluding carboxylic acids is 1. The standard InChI is InChI=1S/C14H20Cl2N2O2/c1-3-14(4-2,5-6-19)9-17-13(20)10-7-11(15)18-12(16)8-10/h7-8,19H,3-6,9H2,1-2H3,(H,17,20). The summed E-state index contributed by atoms with van der Waals surface area (Å²) in [6.07, 6.45) is 2.45. The molecular weight excluding hydrogens is 299 g/mol. The molecule has 0 aliphatic carbocycles. The normalized spacial score (nSPS) is 11.4. The highest BCUT2D eigenvalue weighted by atomic mass is 35.5. The van der Waals surface area contributed by atoms with Gasteiger partial charge in [-0.05, 0) is 36.8 Å². The van der Waals surface area contributed by atoms with Gasteiger partial charge < -0.3 is 10.4 Å². The van der Waals surface area contributed by atoms with Crippen molar-refractivity contribution in [2.45, 2.75) is 33.1 Å². The molecule has 0 bridgehead atoms. The molecule has 0 atom stereocenters. The Balaban J connectivity index is 2.74. The Morgan fingerprint density at radius 2 is 1.85 bits per heavy atom. The van der Waals surface area contributed by atoms with Gasteiger partial charge in [0.2, 0.25) is 0 Å². The summed E-state index contributed by atoms with van der Waals surface area (Å²) in [7, 11) is 0. The van der Waals surface area contributed by atoms with E-state index in [0.717, 1.165) is 12.8 Å². The van der Waals surface area contributed by atoms with Crippen molar-refractivity contribution >= 4 is 29.1 Å². The minimum atomic E-state index is -0.236. The predicted octanol–water partition coefficient (Wildman–Crippen LogP) is 3.31. The number of aliphatic hydroxyl groups is 1. The van der Waals surface area contributed by atoms with Crippen molar-refractivity contribution in [3.8, 4) is 0 Å². The number of pyridine rings is 1. The monoisotopic (exact) mass is 318 g/mol. The highest BCUT2D eigenvalue weighted by Gasteiger charge is 2.26.